The standard InChI is InChI=1S/C24H18ClN5O2/c1-14-22(16-3-5-17(25)6-4-16)23-26-13-20-21(30(23)28-14)11-12-29(24(20)32)19-9-7-18(8-10-19)27-15(2)31/h3-13H,1-2H3,(H,27,31). The third-order valence-electron chi connectivity index (χ3n) is 5.29. The zero-order valence-electron chi connectivity index (χ0n) is 17.3. The third-order valence-corrected chi connectivity index (χ3v) is 5.54. The van der Waals surface area contributed by atoms with E-state index in [-0.39, 0.29) is 11.5 Å². The highest BCUT2D eigenvalue weighted by Crippen LogP contribution is 2.29. The van der Waals surface area contributed by atoms with E-state index in [1.54, 1.807) is 45.7 Å². The molecule has 158 valence electrons. The summed E-state index contributed by atoms with van der Waals surface area (Å²) < 4.78 is 3.25. The van der Waals surface area contributed by atoms with Gasteiger partial charge in [-0.15, -0.1) is 0 Å². The lowest BCUT2D eigenvalue weighted by Gasteiger charge is -2.09. The lowest BCUT2D eigenvalue weighted by molar-refractivity contribution is -0.114. The molecule has 3 aromatic heterocycles. The maximum Gasteiger partial charge on any atom is 0.266 e. The smallest absolute Gasteiger partial charge is 0.266 e. The molecule has 7 nitrogen and oxygen atoms in total. The van der Waals surface area contributed by atoms with Gasteiger partial charge < -0.3 is 5.32 Å². The molecule has 0 aliphatic rings. The first kappa shape index (κ1) is 20.0. The van der Waals surface area contributed by atoms with Crippen LogP contribution in [0.2, 0.25) is 5.02 Å². The van der Waals surface area contributed by atoms with Crippen LogP contribution in [0.15, 0.2) is 71.8 Å². The van der Waals surface area contributed by atoms with Crippen molar-refractivity contribution < 1.29 is 4.79 Å². The Labute approximate surface area is 187 Å². The minimum atomic E-state index is -0.203. The van der Waals surface area contributed by atoms with Crippen molar-refractivity contribution >= 4 is 39.7 Å². The summed E-state index contributed by atoms with van der Waals surface area (Å²) in [6, 6.07) is 16.4. The average molecular weight is 444 g/mol. The van der Waals surface area contributed by atoms with Gasteiger partial charge in [-0.25, -0.2) is 9.50 Å². The van der Waals surface area contributed by atoms with Crippen LogP contribution >= 0.6 is 11.6 Å². The second-order valence-corrected chi connectivity index (χ2v) is 7.92. The number of carbonyl (C=O) groups excluding carboxylic acids is 1. The van der Waals surface area contributed by atoms with Crippen LogP contribution in [0.3, 0.4) is 0 Å². The molecule has 5 aromatic rings. The van der Waals surface area contributed by atoms with E-state index in [1.807, 2.05) is 37.3 Å². The largest absolute Gasteiger partial charge is 0.326 e. The van der Waals surface area contributed by atoms with E-state index in [2.05, 4.69) is 15.4 Å². The van der Waals surface area contributed by atoms with Gasteiger partial charge in [0, 0.05) is 41.3 Å². The molecule has 0 unspecified atom stereocenters. The van der Waals surface area contributed by atoms with E-state index in [0.29, 0.717) is 32.9 Å². The van der Waals surface area contributed by atoms with E-state index in [0.717, 1.165) is 16.8 Å². The summed E-state index contributed by atoms with van der Waals surface area (Å²) in [6.07, 6.45) is 3.31. The molecule has 8 heteroatoms. The molecular formula is C24H18ClN5O2. The lowest BCUT2D eigenvalue weighted by Crippen LogP contribution is -2.19. The Hall–Kier alpha value is -3.97. The van der Waals surface area contributed by atoms with Crippen molar-refractivity contribution in [2.24, 2.45) is 0 Å². The number of rotatable bonds is 3. The van der Waals surface area contributed by atoms with Crippen LogP contribution in [0.25, 0.3) is 33.4 Å². The quantitative estimate of drug-likeness (QED) is 0.441. The molecule has 0 aliphatic heterocycles. The fourth-order valence-corrected chi connectivity index (χ4v) is 3.97. The van der Waals surface area contributed by atoms with Crippen molar-refractivity contribution in [2.75, 3.05) is 5.32 Å². The number of carbonyl (C=O) groups is 1. The number of fused-ring (bicyclic) bond motifs is 3. The second kappa shape index (κ2) is 7.62. The average Bonchev–Trinajstić information content (AvgIpc) is 3.11. The van der Waals surface area contributed by atoms with Crippen molar-refractivity contribution in [3.8, 4) is 16.8 Å². The number of halogens is 1. The Morgan fingerprint density at radius 3 is 2.44 bits per heavy atom. The molecule has 1 amide bonds. The van der Waals surface area contributed by atoms with Crippen molar-refractivity contribution in [1.82, 2.24) is 19.2 Å². The van der Waals surface area contributed by atoms with Gasteiger partial charge in [-0.05, 0) is 55.0 Å². The van der Waals surface area contributed by atoms with E-state index in [4.69, 9.17) is 11.6 Å². The fraction of sp³-hybridized carbons (Fsp3) is 0.0833. The number of pyridine rings is 1. The van der Waals surface area contributed by atoms with Gasteiger partial charge in [-0.1, -0.05) is 23.7 Å². The molecule has 0 spiro atoms. The van der Waals surface area contributed by atoms with Gasteiger partial charge in [-0.2, -0.15) is 5.10 Å². The summed E-state index contributed by atoms with van der Waals surface area (Å²) in [7, 11) is 0. The Kier molecular flexibility index (Phi) is 4.75. The van der Waals surface area contributed by atoms with Crippen molar-refractivity contribution in [3.63, 3.8) is 0 Å². The number of nitrogens with zero attached hydrogens (tertiary/aromatic N) is 4. The molecular weight excluding hydrogens is 426 g/mol. The first-order valence-electron chi connectivity index (χ1n) is 9.96. The van der Waals surface area contributed by atoms with Gasteiger partial charge in [0.25, 0.3) is 5.56 Å². The summed E-state index contributed by atoms with van der Waals surface area (Å²) in [5, 5.41) is 8.49. The second-order valence-electron chi connectivity index (χ2n) is 7.48. The number of aromatic nitrogens is 4. The number of nitrogens with one attached hydrogen (secondary N) is 1. The van der Waals surface area contributed by atoms with E-state index >= 15 is 0 Å². The van der Waals surface area contributed by atoms with E-state index < -0.39 is 0 Å². The maximum atomic E-state index is 13.2. The minimum absolute atomic E-state index is 0.150. The van der Waals surface area contributed by atoms with Gasteiger partial charge in [-0.3, -0.25) is 14.2 Å². The first-order chi connectivity index (χ1) is 15.4. The summed E-state index contributed by atoms with van der Waals surface area (Å²) in [5.74, 6) is -0.150. The summed E-state index contributed by atoms with van der Waals surface area (Å²) >= 11 is 6.03. The number of hydrogen-bond donors (Lipinski definition) is 1. The summed E-state index contributed by atoms with van der Waals surface area (Å²) in [5.41, 5.74) is 5.17. The molecule has 2 aromatic carbocycles. The predicted octanol–water partition coefficient (Wildman–Crippen LogP) is 4.62. The highest BCUT2D eigenvalue weighted by Gasteiger charge is 2.16. The number of amides is 1. The highest BCUT2D eigenvalue weighted by molar-refractivity contribution is 6.30. The van der Waals surface area contributed by atoms with Gasteiger partial charge in [0.15, 0.2) is 5.65 Å². The third kappa shape index (κ3) is 3.33. The SMILES string of the molecule is CC(=O)Nc1ccc(-n2ccc3c(cnc4c(-c5ccc(Cl)cc5)c(C)nn43)c2=O)cc1. The lowest BCUT2D eigenvalue weighted by atomic mass is 10.1. The molecule has 0 radical (unpaired) electrons. The highest BCUT2D eigenvalue weighted by atomic mass is 35.5. The first-order valence-corrected chi connectivity index (χ1v) is 10.3. The Balaban J connectivity index is 1.64. The molecule has 5 rings (SSSR count). The van der Waals surface area contributed by atoms with Gasteiger partial charge in [0.2, 0.25) is 5.91 Å². The van der Waals surface area contributed by atoms with Crippen LogP contribution < -0.4 is 10.9 Å². The van der Waals surface area contributed by atoms with E-state index in [1.165, 1.54) is 6.92 Å². The topological polar surface area (TPSA) is 81.3 Å². The van der Waals surface area contributed by atoms with Gasteiger partial charge in [0.05, 0.1) is 16.6 Å². The van der Waals surface area contributed by atoms with Gasteiger partial charge >= 0.3 is 0 Å². The van der Waals surface area contributed by atoms with Gasteiger partial charge in [0.1, 0.15) is 0 Å². The molecule has 0 bridgehead atoms. The van der Waals surface area contributed by atoms with Crippen LogP contribution in [0, 0.1) is 6.92 Å². The van der Waals surface area contributed by atoms with E-state index in [9.17, 15) is 9.59 Å². The van der Waals surface area contributed by atoms with Crippen molar-refractivity contribution in [1.29, 1.82) is 0 Å². The fourth-order valence-electron chi connectivity index (χ4n) is 3.84. The predicted molar refractivity (Wildman–Crippen MR) is 126 cm³/mol. The molecule has 0 saturated carbocycles. The van der Waals surface area contributed by atoms with Crippen LogP contribution in [0.5, 0.6) is 0 Å². The van der Waals surface area contributed by atoms with Crippen LogP contribution in [0.1, 0.15) is 12.6 Å². The monoisotopic (exact) mass is 443 g/mol. The Bertz CT molecular complexity index is 1550. The Morgan fingerprint density at radius 1 is 1.03 bits per heavy atom. The molecule has 0 saturated heterocycles. The molecule has 0 aliphatic carbocycles. The maximum absolute atomic E-state index is 13.2. The molecule has 32 heavy (non-hydrogen) atoms. The van der Waals surface area contributed by atoms with Crippen molar-refractivity contribution in [2.45, 2.75) is 13.8 Å². The van der Waals surface area contributed by atoms with Crippen LogP contribution in [-0.2, 0) is 4.79 Å². The van der Waals surface area contributed by atoms with Crippen LogP contribution in [0.4, 0.5) is 5.69 Å². The number of hydrogen-bond acceptors (Lipinski definition) is 4. The molecule has 3 heterocycles. The summed E-state index contributed by atoms with van der Waals surface area (Å²) in [6.45, 7) is 3.37. The molecule has 0 atom stereocenters. The minimum Gasteiger partial charge on any atom is -0.326 e. The van der Waals surface area contributed by atoms with Crippen LogP contribution in [-0.4, -0.2) is 25.1 Å². The number of anilines is 1. The normalized spacial score (nSPS) is 11.2. The van der Waals surface area contributed by atoms with Crippen molar-refractivity contribution in [3.05, 3.63) is 88.1 Å². The number of benzene rings is 2. The zero-order chi connectivity index (χ0) is 22.4. The molecule has 1 N–H and O–H groups in total. The molecule has 0 fully saturated rings. The Morgan fingerprint density at radius 2 is 1.75 bits per heavy atom. The number of aryl methyl sites for hydroxylation is 1. The zero-order valence-corrected chi connectivity index (χ0v) is 18.1. The summed E-state index contributed by atoms with van der Waals surface area (Å²) in [4.78, 5) is 29.0.